The van der Waals surface area contributed by atoms with Crippen molar-refractivity contribution in [2.24, 2.45) is 11.8 Å². The number of ether oxygens (including phenoxy) is 4. The largest absolute Gasteiger partial charge is 0.379 e. The van der Waals surface area contributed by atoms with Crippen LogP contribution >= 0.6 is 0 Å². The Morgan fingerprint density at radius 3 is 2.24 bits per heavy atom. The van der Waals surface area contributed by atoms with Gasteiger partial charge in [-0.1, -0.05) is 19.1 Å². The Morgan fingerprint density at radius 1 is 1.00 bits per heavy atom. The summed E-state index contributed by atoms with van der Waals surface area (Å²) in [7, 11) is 0. The number of amides is 3. The first-order chi connectivity index (χ1) is 18.0. The number of nitrogens with zero attached hydrogens (tertiary/aromatic N) is 5. The van der Waals surface area contributed by atoms with Crippen LogP contribution in [0.5, 0.6) is 0 Å². The van der Waals surface area contributed by atoms with Gasteiger partial charge in [-0.3, -0.25) is 19.3 Å². The molecule has 1 aromatic heterocycles. The second-order valence-electron chi connectivity index (χ2n) is 9.53. The minimum absolute atomic E-state index is 0.125. The number of aromatic nitrogens is 3. The Balaban J connectivity index is 1.10. The Hall–Kier alpha value is -2.41. The van der Waals surface area contributed by atoms with Crippen LogP contribution in [0.15, 0.2) is 6.20 Å². The van der Waals surface area contributed by atoms with Gasteiger partial charge in [0.2, 0.25) is 17.7 Å². The molecule has 2 aliphatic heterocycles. The number of imide groups is 1. The molecule has 2 unspecified atom stereocenters. The van der Waals surface area contributed by atoms with E-state index in [1.54, 1.807) is 10.9 Å². The molecule has 0 radical (unpaired) electrons. The lowest BCUT2D eigenvalue weighted by molar-refractivity contribution is -0.140. The molecule has 2 saturated heterocycles. The zero-order chi connectivity index (χ0) is 26.5. The second kappa shape index (κ2) is 15.8. The Labute approximate surface area is 218 Å². The first-order valence-electron chi connectivity index (χ1n) is 13.3. The molecule has 0 spiro atoms. The van der Waals surface area contributed by atoms with Gasteiger partial charge in [0.05, 0.1) is 78.6 Å². The van der Waals surface area contributed by atoms with Crippen molar-refractivity contribution in [3.05, 3.63) is 11.9 Å². The first kappa shape index (κ1) is 29.2. The molecular weight excluding hydrogens is 482 g/mol. The molecule has 3 amide bonds. The van der Waals surface area contributed by atoms with Gasteiger partial charge >= 0.3 is 0 Å². The van der Waals surface area contributed by atoms with Crippen LogP contribution in [0.25, 0.3) is 0 Å². The molecule has 0 aliphatic carbocycles. The summed E-state index contributed by atoms with van der Waals surface area (Å²) in [4.78, 5) is 39.5. The zero-order valence-corrected chi connectivity index (χ0v) is 22.1. The molecular formula is C25H41N5O7. The van der Waals surface area contributed by atoms with E-state index in [0.717, 1.165) is 19.5 Å². The summed E-state index contributed by atoms with van der Waals surface area (Å²) in [6.07, 6.45) is 4.19. The molecule has 0 bridgehead atoms. The molecule has 2 atom stereocenters. The highest BCUT2D eigenvalue weighted by Crippen LogP contribution is 2.23. The monoisotopic (exact) mass is 523 g/mol. The van der Waals surface area contributed by atoms with Crippen molar-refractivity contribution < 1.29 is 33.3 Å². The number of carbonyl (C=O) groups excluding carboxylic acids is 3. The minimum Gasteiger partial charge on any atom is -0.379 e. The molecule has 0 saturated carbocycles. The third-order valence-electron chi connectivity index (χ3n) is 6.55. The highest BCUT2D eigenvalue weighted by molar-refractivity contribution is 6.03. The number of hydrogen-bond donors (Lipinski definition) is 0. The molecule has 0 aromatic carbocycles. The van der Waals surface area contributed by atoms with E-state index in [9.17, 15) is 14.4 Å². The smallest absolute Gasteiger partial charge is 0.233 e. The summed E-state index contributed by atoms with van der Waals surface area (Å²) in [6, 6.07) is 0. The van der Waals surface area contributed by atoms with Crippen molar-refractivity contribution in [1.82, 2.24) is 24.8 Å². The maximum absolute atomic E-state index is 12.2. The van der Waals surface area contributed by atoms with Crippen molar-refractivity contribution in [2.75, 3.05) is 65.9 Å². The summed E-state index contributed by atoms with van der Waals surface area (Å²) in [5, 5.41) is 8.08. The summed E-state index contributed by atoms with van der Waals surface area (Å²) in [6.45, 7) is 10.1. The molecule has 3 heterocycles. The summed E-state index contributed by atoms with van der Waals surface area (Å²) in [5.41, 5.74) is 0.581. The zero-order valence-electron chi connectivity index (χ0n) is 22.1. The van der Waals surface area contributed by atoms with E-state index in [1.165, 1.54) is 4.90 Å². The van der Waals surface area contributed by atoms with E-state index in [-0.39, 0.29) is 36.6 Å². The van der Waals surface area contributed by atoms with Gasteiger partial charge in [-0.05, 0) is 18.8 Å². The molecule has 208 valence electrons. The summed E-state index contributed by atoms with van der Waals surface area (Å²) >= 11 is 0. The maximum Gasteiger partial charge on any atom is 0.233 e. The summed E-state index contributed by atoms with van der Waals surface area (Å²) < 4.78 is 23.6. The third kappa shape index (κ3) is 9.76. The number of carbonyl (C=O) groups is 3. The average molecular weight is 524 g/mol. The van der Waals surface area contributed by atoms with Crippen LogP contribution in [0, 0.1) is 11.8 Å². The van der Waals surface area contributed by atoms with Crippen LogP contribution in [-0.4, -0.2) is 108 Å². The first-order valence-corrected chi connectivity index (χ1v) is 13.3. The molecule has 0 N–H and O–H groups in total. The van der Waals surface area contributed by atoms with E-state index in [0.29, 0.717) is 83.9 Å². The molecule has 2 fully saturated rings. The van der Waals surface area contributed by atoms with Gasteiger partial charge in [0.1, 0.15) is 5.69 Å². The van der Waals surface area contributed by atoms with Crippen molar-refractivity contribution in [3.8, 4) is 0 Å². The molecule has 3 rings (SSSR count). The molecule has 1 aromatic rings. The minimum atomic E-state index is -0.213. The lowest BCUT2D eigenvalue weighted by Crippen LogP contribution is -2.30. The molecule has 12 nitrogen and oxygen atoms in total. The van der Waals surface area contributed by atoms with Gasteiger partial charge in [0.25, 0.3) is 0 Å². The summed E-state index contributed by atoms with van der Waals surface area (Å²) in [5.74, 6) is 0.285. The van der Waals surface area contributed by atoms with Gasteiger partial charge in [0, 0.05) is 25.4 Å². The Bertz CT molecular complexity index is 864. The highest BCUT2D eigenvalue weighted by atomic mass is 16.6. The van der Waals surface area contributed by atoms with Crippen molar-refractivity contribution in [2.45, 2.75) is 52.6 Å². The quantitative estimate of drug-likeness (QED) is 0.204. The fraction of sp³-hybridized carbons (Fsp3) is 0.800. The van der Waals surface area contributed by atoms with E-state index in [4.69, 9.17) is 18.9 Å². The predicted molar refractivity (Wildman–Crippen MR) is 132 cm³/mol. The number of likely N-dealkylation sites (tertiary alicyclic amines) is 2. The van der Waals surface area contributed by atoms with E-state index >= 15 is 0 Å². The number of hydrogen-bond acceptors (Lipinski definition) is 9. The fourth-order valence-corrected chi connectivity index (χ4v) is 4.32. The van der Waals surface area contributed by atoms with Crippen LogP contribution in [0.3, 0.4) is 0 Å². The lowest BCUT2D eigenvalue weighted by Gasteiger charge is -2.15. The SMILES string of the molecule is CCC1CC(=O)N(Cc2cn(CCOCCOCCOCCOCCC(=O)N3CCC(C)C3)nn2)C1=O. The van der Waals surface area contributed by atoms with Crippen LogP contribution in [0.1, 0.15) is 45.2 Å². The van der Waals surface area contributed by atoms with Crippen LogP contribution in [-0.2, 0) is 46.4 Å². The lowest BCUT2D eigenvalue weighted by atomic mass is 10.1. The van der Waals surface area contributed by atoms with Crippen molar-refractivity contribution in [3.63, 3.8) is 0 Å². The van der Waals surface area contributed by atoms with Gasteiger partial charge in [-0.2, -0.15) is 0 Å². The second-order valence-corrected chi connectivity index (χ2v) is 9.53. The topological polar surface area (TPSA) is 125 Å². The predicted octanol–water partition coefficient (Wildman–Crippen LogP) is 0.888. The van der Waals surface area contributed by atoms with E-state index in [1.807, 2.05) is 11.8 Å². The third-order valence-corrected chi connectivity index (χ3v) is 6.55. The Kier molecular flexibility index (Phi) is 12.4. The van der Waals surface area contributed by atoms with Gasteiger partial charge in [-0.25, -0.2) is 4.68 Å². The Morgan fingerprint density at radius 2 is 1.65 bits per heavy atom. The van der Waals surface area contributed by atoms with Crippen LogP contribution < -0.4 is 0 Å². The van der Waals surface area contributed by atoms with Gasteiger partial charge < -0.3 is 23.8 Å². The average Bonchev–Trinajstić information content (AvgIpc) is 3.60. The van der Waals surface area contributed by atoms with Crippen molar-refractivity contribution in [1.29, 1.82) is 0 Å². The molecule has 2 aliphatic rings. The molecule has 37 heavy (non-hydrogen) atoms. The normalized spacial score (nSPS) is 19.9. The van der Waals surface area contributed by atoms with Gasteiger partial charge in [0.15, 0.2) is 0 Å². The highest BCUT2D eigenvalue weighted by Gasteiger charge is 2.37. The fourth-order valence-electron chi connectivity index (χ4n) is 4.32. The standard InChI is InChI=1S/C25H41N5O7/c1-3-21-16-24(32)30(25(21)33)19-22-18-29(27-26-22)7-9-35-11-13-37-15-14-36-12-10-34-8-5-23(31)28-6-4-20(2)17-28/h18,20-21H,3-17,19H2,1-2H3. The molecule has 12 heteroatoms. The van der Waals surface area contributed by atoms with E-state index in [2.05, 4.69) is 17.2 Å². The maximum atomic E-state index is 12.2. The van der Waals surface area contributed by atoms with Crippen LogP contribution in [0.4, 0.5) is 0 Å². The number of rotatable bonds is 18. The van der Waals surface area contributed by atoms with Crippen molar-refractivity contribution >= 4 is 17.7 Å². The van der Waals surface area contributed by atoms with Gasteiger partial charge in [-0.15, -0.1) is 5.10 Å². The van der Waals surface area contributed by atoms with E-state index < -0.39 is 0 Å². The van der Waals surface area contributed by atoms with Crippen LogP contribution in [0.2, 0.25) is 0 Å².